The van der Waals surface area contributed by atoms with Gasteiger partial charge in [0, 0.05) is 26.0 Å². The van der Waals surface area contributed by atoms with Crippen LogP contribution in [0.25, 0.3) is 0 Å². The lowest BCUT2D eigenvalue weighted by Crippen LogP contribution is -2.33. The van der Waals surface area contributed by atoms with Crippen LogP contribution in [0.3, 0.4) is 0 Å². The molecule has 0 heterocycles. The van der Waals surface area contributed by atoms with Crippen molar-refractivity contribution >= 4 is 21.6 Å². The molecule has 114 valence electrons. The zero-order valence-corrected chi connectivity index (χ0v) is 13.9. The topological polar surface area (TPSA) is 40.6 Å². The third-order valence-corrected chi connectivity index (χ3v) is 5.23. The van der Waals surface area contributed by atoms with Gasteiger partial charge in [0.1, 0.15) is 0 Å². The summed E-state index contributed by atoms with van der Waals surface area (Å²) in [5.74, 6) is 0.618. The van der Waals surface area contributed by atoms with E-state index in [0.717, 1.165) is 18.4 Å². The number of hydrogen-bond acceptors (Lipinski definition) is 3. The van der Waals surface area contributed by atoms with E-state index in [2.05, 4.69) is 0 Å². The maximum atomic E-state index is 12.4. The summed E-state index contributed by atoms with van der Waals surface area (Å²) in [6, 6.07) is 7.06. The van der Waals surface area contributed by atoms with Crippen molar-refractivity contribution in [3.8, 4) is 0 Å². The summed E-state index contributed by atoms with van der Waals surface area (Å²) in [4.78, 5) is 2.30. The molecule has 0 aromatic heterocycles. The number of nitrogens with zero attached hydrogens (tertiary/aromatic N) is 2. The lowest BCUT2D eigenvalue weighted by molar-refractivity contribution is 0.358. The summed E-state index contributed by atoms with van der Waals surface area (Å²) < 4.78 is 26.1. The fourth-order valence-electron chi connectivity index (χ4n) is 1.74. The van der Waals surface area contributed by atoms with Gasteiger partial charge in [0.25, 0.3) is 0 Å². The van der Waals surface area contributed by atoms with Crippen LogP contribution in [-0.2, 0) is 16.4 Å². The average Bonchev–Trinajstić information content (AvgIpc) is 2.42. The minimum atomic E-state index is -3.39. The molecule has 0 saturated carbocycles. The van der Waals surface area contributed by atoms with Gasteiger partial charge in [-0.05, 0) is 44.6 Å². The van der Waals surface area contributed by atoms with Gasteiger partial charge in [0.05, 0.1) is 4.90 Å². The van der Waals surface area contributed by atoms with Crippen molar-refractivity contribution in [3.05, 3.63) is 29.8 Å². The van der Waals surface area contributed by atoms with Crippen LogP contribution in [0.2, 0.25) is 0 Å². The lowest BCUT2D eigenvalue weighted by Gasteiger charge is -2.19. The molecular formula is C14H23ClN2O2S. The van der Waals surface area contributed by atoms with E-state index >= 15 is 0 Å². The van der Waals surface area contributed by atoms with E-state index in [1.807, 2.05) is 31.1 Å². The van der Waals surface area contributed by atoms with Gasteiger partial charge < -0.3 is 4.90 Å². The van der Waals surface area contributed by atoms with Crippen LogP contribution >= 0.6 is 11.6 Å². The van der Waals surface area contributed by atoms with Crippen LogP contribution in [0.15, 0.2) is 29.2 Å². The first-order chi connectivity index (χ1) is 9.37. The Morgan fingerprint density at radius 1 is 1.05 bits per heavy atom. The first kappa shape index (κ1) is 17.4. The molecule has 1 rings (SSSR count). The summed E-state index contributed by atoms with van der Waals surface area (Å²) >= 11 is 5.65. The third kappa shape index (κ3) is 5.05. The summed E-state index contributed by atoms with van der Waals surface area (Å²) in [5.41, 5.74) is 1.11. The van der Waals surface area contributed by atoms with Crippen molar-refractivity contribution in [3.63, 3.8) is 0 Å². The summed E-state index contributed by atoms with van der Waals surface area (Å²) in [6.07, 6.45) is 1.77. The van der Waals surface area contributed by atoms with Crippen LogP contribution in [0.1, 0.15) is 12.0 Å². The predicted molar refractivity (Wildman–Crippen MR) is 83.9 cm³/mol. The van der Waals surface area contributed by atoms with Crippen LogP contribution in [0.4, 0.5) is 0 Å². The Bertz CT molecular complexity index is 500. The number of benzene rings is 1. The summed E-state index contributed by atoms with van der Waals surface area (Å²) in [6.45, 7) is 1.17. The first-order valence-electron chi connectivity index (χ1n) is 6.64. The highest BCUT2D eigenvalue weighted by Crippen LogP contribution is 2.16. The molecular weight excluding hydrogens is 296 g/mol. The maximum absolute atomic E-state index is 12.4. The van der Waals surface area contributed by atoms with Crippen molar-refractivity contribution in [2.75, 3.05) is 40.1 Å². The Hall–Kier alpha value is -0.620. The standard InChI is InChI=1S/C14H23ClN2O2S/c1-16(2)11-12-17(3)20(18,19)14-8-6-13(7-9-14)5-4-10-15/h6-9H,4-5,10-12H2,1-3H3. The van der Waals surface area contributed by atoms with E-state index in [0.29, 0.717) is 23.9 Å². The number of rotatable bonds is 8. The molecule has 0 aliphatic heterocycles. The number of hydrogen-bond donors (Lipinski definition) is 0. The van der Waals surface area contributed by atoms with E-state index in [9.17, 15) is 8.42 Å². The van der Waals surface area contributed by atoms with Crippen molar-refractivity contribution in [1.82, 2.24) is 9.21 Å². The number of halogens is 1. The molecule has 0 bridgehead atoms. The van der Waals surface area contributed by atoms with Crippen molar-refractivity contribution in [1.29, 1.82) is 0 Å². The van der Waals surface area contributed by atoms with Crippen molar-refractivity contribution in [2.24, 2.45) is 0 Å². The number of sulfonamides is 1. The molecule has 0 aliphatic carbocycles. The van der Waals surface area contributed by atoms with Crippen LogP contribution in [0, 0.1) is 0 Å². The molecule has 0 unspecified atom stereocenters. The van der Waals surface area contributed by atoms with Crippen molar-refractivity contribution < 1.29 is 8.42 Å². The zero-order chi connectivity index (χ0) is 15.2. The van der Waals surface area contributed by atoms with Gasteiger partial charge in [0.15, 0.2) is 0 Å². The van der Waals surface area contributed by atoms with E-state index in [4.69, 9.17) is 11.6 Å². The van der Waals surface area contributed by atoms with Crippen molar-refractivity contribution in [2.45, 2.75) is 17.7 Å². The van der Waals surface area contributed by atoms with Crippen LogP contribution in [-0.4, -0.2) is 57.7 Å². The van der Waals surface area contributed by atoms with E-state index in [-0.39, 0.29) is 0 Å². The molecule has 0 fully saturated rings. The number of likely N-dealkylation sites (N-methyl/N-ethyl adjacent to an activating group) is 2. The molecule has 4 nitrogen and oxygen atoms in total. The highest BCUT2D eigenvalue weighted by atomic mass is 35.5. The van der Waals surface area contributed by atoms with E-state index in [1.54, 1.807) is 19.2 Å². The minimum Gasteiger partial charge on any atom is -0.308 e. The Balaban J connectivity index is 2.76. The number of alkyl halides is 1. The van der Waals surface area contributed by atoms with Gasteiger partial charge in [-0.2, -0.15) is 4.31 Å². The maximum Gasteiger partial charge on any atom is 0.242 e. The second-order valence-electron chi connectivity index (χ2n) is 5.07. The quantitative estimate of drug-likeness (QED) is 0.689. The van der Waals surface area contributed by atoms with Gasteiger partial charge in [-0.25, -0.2) is 8.42 Å². The van der Waals surface area contributed by atoms with Gasteiger partial charge in [-0.15, -0.1) is 11.6 Å². The Morgan fingerprint density at radius 2 is 1.65 bits per heavy atom. The molecule has 0 N–H and O–H groups in total. The molecule has 20 heavy (non-hydrogen) atoms. The van der Waals surface area contributed by atoms with Gasteiger partial charge >= 0.3 is 0 Å². The van der Waals surface area contributed by atoms with Gasteiger partial charge in [-0.3, -0.25) is 0 Å². The highest BCUT2D eigenvalue weighted by Gasteiger charge is 2.20. The summed E-state index contributed by atoms with van der Waals surface area (Å²) in [7, 11) is 2.07. The van der Waals surface area contributed by atoms with Gasteiger partial charge in [-0.1, -0.05) is 12.1 Å². The predicted octanol–water partition coefficient (Wildman–Crippen LogP) is 2.04. The van der Waals surface area contributed by atoms with Gasteiger partial charge in [0.2, 0.25) is 10.0 Å². The average molecular weight is 319 g/mol. The molecule has 6 heteroatoms. The molecule has 0 spiro atoms. The molecule has 0 saturated heterocycles. The Kier molecular flexibility index (Phi) is 6.95. The smallest absolute Gasteiger partial charge is 0.242 e. The van der Waals surface area contributed by atoms with Crippen LogP contribution < -0.4 is 0 Å². The third-order valence-electron chi connectivity index (χ3n) is 3.09. The SMILES string of the molecule is CN(C)CCN(C)S(=O)(=O)c1ccc(CCCCl)cc1. The highest BCUT2D eigenvalue weighted by molar-refractivity contribution is 7.89. The largest absolute Gasteiger partial charge is 0.308 e. The summed E-state index contributed by atoms with van der Waals surface area (Å²) in [5, 5.41) is 0. The normalized spacial score (nSPS) is 12.3. The minimum absolute atomic E-state index is 0.341. The first-order valence-corrected chi connectivity index (χ1v) is 8.61. The zero-order valence-electron chi connectivity index (χ0n) is 12.3. The van der Waals surface area contributed by atoms with E-state index in [1.165, 1.54) is 4.31 Å². The molecule has 0 atom stereocenters. The number of aryl methyl sites for hydroxylation is 1. The fourth-order valence-corrected chi connectivity index (χ4v) is 3.04. The molecule has 1 aromatic rings. The lowest BCUT2D eigenvalue weighted by atomic mass is 10.1. The van der Waals surface area contributed by atoms with E-state index < -0.39 is 10.0 Å². The van der Waals surface area contributed by atoms with Crippen LogP contribution in [0.5, 0.6) is 0 Å². The Morgan fingerprint density at radius 3 is 2.15 bits per heavy atom. The molecule has 0 aliphatic rings. The molecule has 0 amide bonds. The second kappa shape index (κ2) is 7.98. The second-order valence-corrected chi connectivity index (χ2v) is 7.49. The fraction of sp³-hybridized carbons (Fsp3) is 0.571. The monoisotopic (exact) mass is 318 g/mol. The molecule has 1 aromatic carbocycles. The molecule has 0 radical (unpaired) electrons. The Labute approximate surface area is 127 Å².